The predicted octanol–water partition coefficient (Wildman–Crippen LogP) is 3.91. The van der Waals surface area contributed by atoms with Crippen LogP contribution in [-0.2, 0) is 4.79 Å². The van der Waals surface area contributed by atoms with E-state index in [-0.39, 0.29) is 5.97 Å². The van der Waals surface area contributed by atoms with Crippen molar-refractivity contribution in [2.45, 2.75) is 42.5 Å². The van der Waals surface area contributed by atoms with Crippen LogP contribution < -0.4 is 4.74 Å². The van der Waals surface area contributed by atoms with Gasteiger partial charge in [0.15, 0.2) is 0 Å². The number of hydrogen-bond donors (Lipinski definition) is 0. The minimum Gasteiger partial charge on any atom is -0.427 e. The third-order valence-corrected chi connectivity index (χ3v) is 6.52. The largest absolute Gasteiger partial charge is 0.427 e. The molecule has 0 spiro atoms. The second-order valence-corrected chi connectivity index (χ2v) is 7.73. The maximum atomic E-state index is 11.8. The van der Waals surface area contributed by atoms with Gasteiger partial charge in [0.25, 0.3) is 20.1 Å². The summed E-state index contributed by atoms with van der Waals surface area (Å²) < 4.78 is 5.33. The first-order valence-electron chi connectivity index (χ1n) is 6.52. The fraction of sp³-hybridized carbons (Fsp3) is 0.500. The van der Waals surface area contributed by atoms with E-state index < -0.39 is 14.1 Å². The van der Waals surface area contributed by atoms with E-state index in [9.17, 15) is 4.79 Å². The number of hydrogen-bond acceptors (Lipinski definition) is 2. The van der Waals surface area contributed by atoms with Crippen molar-refractivity contribution >= 4 is 20.1 Å². The standard InChI is InChI=1S/C8H7O2.2C3H7.Al/c1-7(9)10-8-5-3-2-4-6-8;2*1-3-2;/h2-6H,1H2;2*1,3H2,2H3;. The zero-order chi connectivity index (χ0) is 12.5. The van der Waals surface area contributed by atoms with E-state index in [1.807, 2.05) is 30.3 Å². The molecule has 0 fully saturated rings. The van der Waals surface area contributed by atoms with Crippen molar-refractivity contribution in [1.82, 2.24) is 0 Å². The van der Waals surface area contributed by atoms with Gasteiger partial charge in [0.2, 0.25) is 0 Å². The minimum absolute atomic E-state index is 0.0465. The highest BCUT2D eigenvalue weighted by molar-refractivity contribution is 6.62. The molecule has 0 atom stereocenters. The third kappa shape index (κ3) is 5.91. The quantitative estimate of drug-likeness (QED) is 0.415. The molecule has 1 rings (SSSR count). The van der Waals surface area contributed by atoms with Crippen molar-refractivity contribution in [2.75, 3.05) is 0 Å². The number of para-hydroxylation sites is 1. The van der Waals surface area contributed by atoms with Crippen LogP contribution in [0, 0.1) is 0 Å². The van der Waals surface area contributed by atoms with Gasteiger partial charge in [-0.05, 0) is 12.1 Å². The summed E-state index contributed by atoms with van der Waals surface area (Å²) in [6.07, 6.45) is 2.38. The van der Waals surface area contributed by atoms with E-state index in [1.54, 1.807) is 0 Å². The first kappa shape index (κ1) is 14.3. The van der Waals surface area contributed by atoms with Gasteiger partial charge in [-0.25, -0.2) is 0 Å². The van der Waals surface area contributed by atoms with E-state index in [4.69, 9.17) is 4.74 Å². The van der Waals surface area contributed by atoms with Gasteiger partial charge in [-0.2, -0.15) is 0 Å². The molecule has 92 valence electrons. The Kier molecular flexibility index (Phi) is 7.00. The van der Waals surface area contributed by atoms with Crippen LogP contribution in [0.2, 0.25) is 15.8 Å². The van der Waals surface area contributed by atoms with Crippen LogP contribution in [-0.4, -0.2) is 20.1 Å². The average Bonchev–Trinajstić information content (AvgIpc) is 2.30. The van der Waals surface area contributed by atoms with Crippen LogP contribution in [0.25, 0.3) is 0 Å². The third-order valence-electron chi connectivity index (χ3n) is 2.82. The molecular formula is C14H21AlO2. The summed E-state index contributed by atoms with van der Waals surface area (Å²) in [5.41, 5.74) is 0. The van der Waals surface area contributed by atoms with Gasteiger partial charge in [0.1, 0.15) is 5.75 Å². The Labute approximate surface area is 108 Å². The number of carbonyl (C=O) groups is 1. The molecule has 1 aromatic rings. The maximum absolute atomic E-state index is 11.8. The maximum Gasteiger partial charge on any atom is 0.297 e. The summed E-state index contributed by atoms with van der Waals surface area (Å²) in [6, 6.07) is 9.34. The monoisotopic (exact) mass is 248 g/mol. The fourth-order valence-corrected chi connectivity index (χ4v) is 4.95. The highest BCUT2D eigenvalue weighted by atomic mass is 27.2. The molecule has 0 N–H and O–H groups in total. The molecule has 0 bridgehead atoms. The van der Waals surface area contributed by atoms with Crippen molar-refractivity contribution in [2.24, 2.45) is 0 Å². The van der Waals surface area contributed by atoms with Crippen LogP contribution in [0.3, 0.4) is 0 Å². The number of carbonyl (C=O) groups excluding carboxylic acids is 1. The van der Waals surface area contributed by atoms with Gasteiger partial charge in [0, 0.05) is 5.28 Å². The summed E-state index contributed by atoms with van der Waals surface area (Å²) in [5, 5.41) is 3.17. The van der Waals surface area contributed by atoms with Gasteiger partial charge in [0.05, 0.1) is 0 Å². The second-order valence-electron chi connectivity index (χ2n) is 4.43. The van der Waals surface area contributed by atoms with Crippen LogP contribution >= 0.6 is 0 Å². The number of ether oxygens (including phenoxy) is 1. The molecular weight excluding hydrogens is 227 g/mol. The molecule has 0 aromatic heterocycles. The van der Waals surface area contributed by atoms with E-state index in [0.29, 0.717) is 11.0 Å². The fourth-order valence-electron chi connectivity index (χ4n) is 2.06. The normalized spacial score (nSPS) is 10.0. The van der Waals surface area contributed by atoms with Crippen LogP contribution in [0.15, 0.2) is 30.3 Å². The zero-order valence-electron chi connectivity index (χ0n) is 10.8. The molecule has 0 saturated carbocycles. The average molecular weight is 248 g/mol. The summed E-state index contributed by atoms with van der Waals surface area (Å²) in [5.74, 6) is 0.619. The van der Waals surface area contributed by atoms with Crippen molar-refractivity contribution < 1.29 is 9.53 Å². The lowest BCUT2D eigenvalue weighted by Crippen LogP contribution is -2.20. The lowest BCUT2D eigenvalue weighted by Gasteiger charge is -2.09. The molecule has 0 amide bonds. The molecule has 2 nitrogen and oxygen atoms in total. The number of esters is 1. The van der Waals surface area contributed by atoms with Crippen LogP contribution in [0.5, 0.6) is 5.75 Å². The van der Waals surface area contributed by atoms with E-state index in [0.717, 1.165) is 0 Å². The number of benzene rings is 1. The Hall–Kier alpha value is -0.778. The SMILES string of the molecule is CC[CH2][Al]([CH2]CC)[CH2]C(=O)Oc1ccccc1. The molecule has 17 heavy (non-hydrogen) atoms. The Balaban J connectivity index is 2.42. The van der Waals surface area contributed by atoms with E-state index in [1.165, 1.54) is 23.4 Å². The molecule has 0 aliphatic rings. The van der Waals surface area contributed by atoms with E-state index in [2.05, 4.69) is 13.8 Å². The van der Waals surface area contributed by atoms with Gasteiger partial charge >= 0.3 is 0 Å². The molecule has 0 radical (unpaired) electrons. The molecule has 0 unspecified atom stereocenters. The first-order chi connectivity index (χ1) is 8.26. The summed E-state index contributed by atoms with van der Waals surface area (Å²) in [6.45, 7) is 4.39. The predicted molar refractivity (Wildman–Crippen MR) is 72.8 cm³/mol. The molecule has 0 saturated heterocycles. The first-order valence-corrected chi connectivity index (χ1v) is 8.97. The van der Waals surface area contributed by atoms with Crippen molar-refractivity contribution in [3.8, 4) is 5.75 Å². The van der Waals surface area contributed by atoms with Gasteiger partial charge in [-0.1, -0.05) is 55.5 Å². The van der Waals surface area contributed by atoms with E-state index >= 15 is 0 Å². The van der Waals surface area contributed by atoms with Crippen molar-refractivity contribution in [3.05, 3.63) is 30.3 Å². The molecule has 1 aromatic carbocycles. The minimum atomic E-state index is -0.907. The molecule has 0 heterocycles. The number of rotatable bonds is 7. The molecule has 0 aliphatic heterocycles. The summed E-state index contributed by atoms with van der Waals surface area (Å²) in [4.78, 5) is 11.8. The Morgan fingerprint density at radius 3 is 2.24 bits per heavy atom. The Morgan fingerprint density at radius 1 is 1.12 bits per heavy atom. The second kappa shape index (κ2) is 8.33. The summed E-state index contributed by atoms with van der Waals surface area (Å²) in [7, 11) is 0. The lowest BCUT2D eigenvalue weighted by molar-refractivity contribution is -0.131. The zero-order valence-corrected chi connectivity index (χ0v) is 12.0. The van der Waals surface area contributed by atoms with Crippen LogP contribution in [0.4, 0.5) is 0 Å². The summed E-state index contributed by atoms with van der Waals surface area (Å²) >= 11 is -0.907. The van der Waals surface area contributed by atoms with Gasteiger partial charge < -0.3 is 4.74 Å². The molecule has 3 heteroatoms. The van der Waals surface area contributed by atoms with Gasteiger partial charge in [-0.15, -0.1) is 0 Å². The van der Waals surface area contributed by atoms with Crippen LogP contribution in [0.1, 0.15) is 26.7 Å². The highest BCUT2D eigenvalue weighted by Crippen LogP contribution is 2.14. The molecule has 0 aliphatic carbocycles. The van der Waals surface area contributed by atoms with Gasteiger partial charge in [-0.3, -0.25) is 4.79 Å². The highest BCUT2D eigenvalue weighted by Gasteiger charge is 2.20. The Morgan fingerprint density at radius 2 is 1.71 bits per heavy atom. The Bertz CT molecular complexity index is 318. The lowest BCUT2D eigenvalue weighted by atomic mass is 10.3. The van der Waals surface area contributed by atoms with Crippen molar-refractivity contribution in [1.29, 1.82) is 0 Å². The smallest absolute Gasteiger partial charge is 0.297 e. The van der Waals surface area contributed by atoms with Crippen molar-refractivity contribution in [3.63, 3.8) is 0 Å². The topological polar surface area (TPSA) is 26.3 Å².